The number of esters is 1. The molecule has 0 aromatic carbocycles. The van der Waals surface area contributed by atoms with Crippen molar-refractivity contribution in [3.63, 3.8) is 0 Å². The zero-order chi connectivity index (χ0) is 14.3. The minimum atomic E-state index is -0.250. The molecule has 0 aromatic rings. The third-order valence-electron chi connectivity index (χ3n) is 2.92. The van der Waals surface area contributed by atoms with Crippen molar-refractivity contribution in [1.29, 1.82) is 0 Å². The van der Waals surface area contributed by atoms with E-state index in [2.05, 4.69) is 5.32 Å². The molecule has 6 nitrogen and oxygen atoms in total. The van der Waals surface area contributed by atoms with E-state index < -0.39 is 0 Å². The largest absolute Gasteiger partial charge is 0.462 e. The SMILES string of the molecule is CCOC(=O)N1CCC(NCC(=O)OC(C)C)CC1. The maximum atomic E-state index is 11.5. The van der Waals surface area contributed by atoms with Crippen LogP contribution in [0.25, 0.3) is 0 Å². The molecule has 6 heteroatoms. The summed E-state index contributed by atoms with van der Waals surface area (Å²) in [6.45, 7) is 7.41. The summed E-state index contributed by atoms with van der Waals surface area (Å²) in [6.07, 6.45) is 1.32. The molecule has 0 radical (unpaired) electrons. The molecule has 0 spiro atoms. The highest BCUT2D eigenvalue weighted by molar-refractivity contribution is 5.71. The van der Waals surface area contributed by atoms with Gasteiger partial charge in [-0.05, 0) is 33.6 Å². The summed E-state index contributed by atoms with van der Waals surface area (Å²) in [7, 11) is 0. The quantitative estimate of drug-likeness (QED) is 0.760. The van der Waals surface area contributed by atoms with E-state index in [0.29, 0.717) is 19.7 Å². The number of likely N-dealkylation sites (tertiary alicyclic amines) is 1. The van der Waals surface area contributed by atoms with Crippen LogP contribution in [0.15, 0.2) is 0 Å². The highest BCUT2D eigenvalue weighted by Gasteiger charge is 2.23. The van der Waals surface area contributed by atoms with Gasteiger partial charge in [0.1, 0.15) is 0 Å². The van der Waals surface area contributed by atoms with Crippen LogP contribution < -0.4 is 5.32 Å². The molecule has 1 rings (SSSR count). The lowest BCUT2D eigenvalue weighted by atomic mass is 10.1. The topological polar surface area (TPSA) is 67.9 Å². The van der Waals surface area contributed by atoms with E-state index >= 15 is 0 Å². The minimum Gasteiger partial charge on any atom is -0.462 e. The molecule has 0 unspecified atom stereocenters. The fourth-order valence-corrected chi connectivity index (χ4v) is 2.01. The first kappa shape index (κ1) is 15.8. The molecule has 1 aliphatic heterocycles. The minimum absolute atomic E-state index is 0.0834. The van der Waals surface area contributed by atoms with Crippen molar-refractivity contribution in [2.45, 2.75) is 45.8 Å². The lowest BCUT2D eigenvalue weighted by molar-refractivity contribution is -0.146. The number of ether oxygens (including phenoxy) is 2. The second-order valence-corrected chi connectivity index (χ2v) is 4.88. The molecular formula is C13H24N2O4. The van der Waals surface area contributed by atoms with Crippen LogP contribution in [-0.4, -0.2) is 55.3 Å². The Balaban J connectivity index is 2.20. The summed E-state index contributed by atoms with van der Waals surface area (Å²) in [5, 5.41) is 3.16. The number of nitrogens with zero attached hydrogens (tertiary/aromatic N) is 1. The Morgan fingerprint density at radius 1 is 1.32 bits per heavy atom. The van der Waals surface area contributed by atoms with Gasteiger partial charge >= 0.3 is 12.1 Å². The first-order chi connectivity index (χ1) is 9.02. The molecule has 0 aliphatic carbocycles. The molecule has 0 aromatic heterocycles. The van der Waals surface area contributed by atoms with Gasteiger partial charge in [-0.25, -0.2) is 4.79 Å². The number of amides is 1. The van der Waals surface area contributed by atoms with Crippen molar-refractivity contribution in [3.8, 4) is 0 Å². The van der Waals surface area contributed by atoms with Crippen LogP contribution in [0.4, 0.5) is 4.79 Å². The predicted molar refractivity (Wildman–Crippen MR) is 70.8 cm³/mol. The van der Waals surface area contributed by atoms with E-state index in [9.17, 15) is 9.59 Å². The van der Waals surface area contributed by atoms with E-state index in [1.807, 2.05) is 13.8 Å². The third kappa shape index (κ3) is 5.92. The summed E-state index contributed by atoms with van der Waals surface area (Å²) in [4.78, 5) is 24.6. The molecule has 1 saturated heterocycles. The van der Waals surface area contributed by atoms with Crippen molar-refractivity contribution in [2.24, 2.45) is 0 Å². The molecule has 0 bridgehead atoms. The molecule has 1 N–H and O–H groups in total. The number of rotatable bonds is 5. The number of carbonyl (C=O) groups excluding carboxylic acids is 2. The normalized spacial score (nSPS) is 16.5. The summed E-state index contributed by atoms with van der Waals surface area (Å²) < 4.78 is 10.00. The van der Waals surface area contributed by atoms with Crippen LogP contribution in [0.3, 0.4) is 0 Å². The first-order valence-corrected chi connectivity index (χ1v) is 6.87. The number of hydrogen-bond acceptors (Lipinski definition) is 5. The highest BCUT2D eigenvalue weighted by atomic mass is 16.6. The maximum Gasteiger partial charge on any atom is 0.409 e. The molecule has 1 fully saturated rings. The number of hydrogen-bond donors (Lipinski definition) is 1. The van der Waals surface area contributed by atoms with Gasteiger partial charge in [-0.3, -0.25) is 4.79 Å². The highest BCUT2D eigenvalue weighted by Crippen LogP contribution is 2.11. The molecule has 0 atom stereocenters. The van der Waals surface area contributed by atoms with Crippen molar-refractivity contribution in [1.82, 2.24) is 10.2 Å². The zero-order valence-electron chi connectivity index (χ0n) is 12.0. The van der Waals surface area contributed by atoms with E-state index in [4.69, 9.17) is 9.47 Å². The summed E-state index contributed by atoms with van der Waals surface area (Å²) in [5.74, 6) is -0.233. The van der Waals surface area contributed by atoms with E-state index in [-0.39, 0.29) is 30.8 Å². The van der Waals surface area contributed by atoms with Crippen LogP contribution in [0, 0.1) is 0 Å². The summed E-state index contributed by atoms with van der Waals surface area (Å²) in [6, 6.07) is 0.255. The van der Waals surface area contributed by atoms with Crippen LogP contribution in [-0.2, 0) is 14.3 Å². The molecular weight excluding hydrogens is 248 g/mol. The Morgan fingerprint density at radius 3 is 2.47 bits per heavy atom. The average Bonchev–Trinajstić information content (AvgIpc) is 2.36. The monoisotopic (exact) mass is 272 g/mol. The van der Waals surface area contributed by atoms with Gasteiger partial charge in [0.25, 0.3) is 0 Å². The molecule has 1 heterocycles. The Morgan fingerprint density at radius 2 is 1.95 bits per heavy atom. The number of carbonyl (C=O) groups is 2. The maximum absolute atomic E-state index is 11.5. The van der Waals surface area contributed by atoms with Crippen LogP contribution in [0.2, 0.25) is 0 Å². The van der Waals surface area contributed by atoms with Gasteiger partial charge in [0.15, 0.2) is 0 Å². The predicted octanol–water partition coefficient (Wildman–Crippen LogP) is 1.15. The van der Waals surface area contributed by atoms with E-state index in [1.54, 1.807) is 11.8 Å². The Kier molecular flexibility index (Phi) is 6.62. The van der Waals surface area contributed by atoms with Gasteiger partial charge in [0, 0.05) is 19.1 Å². The molecule has 110 valence electrons. The van der Waals surface area contributed by atoms with Crippen molar-refractivity contribution in [3.05, 3.63) is 0 Å². The van der Waals surface area contributed by atoms with Crippen molar-refractivity contribution >= 4 is 12.1 Å². The van der Waals surface area contributed by atoms with E-state index in [1.165, 1.54) is 0 Å². The fraction of sp³-hybridized carbons (Fsp3) is 0.846. The lowest BCUT2D eigenvalue weighted by Gasteiger charge is -2.31. The number of piperidine rings is 1. The standard InChI is InChI=1S/C13H24N2O4/c1-4-18-13(17)15-7-5-11(6-8-15)14-9-12(16)19-10(2)3/h10-11,14H,4-9H2,1-3H3. The van der Waals surface area contributed by atoms with Crippen LogP contribution in [0.1, 0.15) is 33.6 Å². The molecule has 1 amide bonds. The lowest BCUT2D eigenvalue weighted by Crippen LogP contribution is -2.46. The van der Waals surface area contributed by atoms with Crippen molar-refractivity contribution < 1.29 is 19.1 Å². The average molecular weight is 272 g/mol. The van der Waals surface area contributed by atoms with Gasteiger partial charge in [-0.1, -0.05) is 0 Å². The molecule has 19 heavy (non-hydrogen) atoms. The second kappa shape index (κ2) is 7.99. The fourth-order valence-electron chi connectivity index (χ4n) is 2.01. The smallest absolute Gasteiger partial charge is 0.409 e. The van der Waals surface area contributed by atoms with Gasteiger partial charge in [0.05, 0.1) is 19.3 Å². The Hall–Kier alpha value is -1.30. The molecule has 0 saturated carbocycles. The van der Waals surface area contributed by atoms with Gasteiger partial charge < -0.3 is 19.7 Å². The first-order valence-electron chi connectivity index (χ1n) is 6.87. The van der Waals surface area contributed by atoms with Crippen LogP contribution >= 0.6 is 0 Å². The Labute approximate surface area is 114 Å². The summed E-state index contributed by atoms with van der Waals surface area (Å²) >= 11 is 0. The van der Waals surface area contributed by atoms with Gasteiger partial charge in [-0.2, -0.15) is 0 Å². The van der Waals surface area contributed by atoms with Gasteiger partial charge in [0.2, 0.25) is 0 Å². The summed E-state index contributed by atoms with van der Waals surface area (Å²) in [5.41, 5.74) is 0. The zero-order valence-corrected chi connectivity index (χ0v) is 12.0. The Bertz CT molecular complexity index is 299. The molecule has 1 aliphatic rings. The van der Waals surface area contributed by atoms with Crippen molar-refractivity contribution in [2.75, 3.05) is 26.2 Å². The number of nitrogens with one attached hydrogen (secondary N) is 1. The van der Waals surface area contributed by atoms with Crippen LogP contribution in [0.5, 0.6) is 0 Å². The van der Waals surface area contributed by atoms with Gasteiger partial charge in [-0.15, -0.1) is 0 Å². The van der Waals surface area contributed by atoms with E-state index in [0.717, 1.165) is 12.8 Å². The second-order valence-electron chi connectivity index (χ2n) is 4.88. The third-order valence-corrected chi connectivity index (χ3v) is 2.92.